The van der Waals surface area contributed by atoms with Crippen molar-refractivity contribution >= 4 is 17.9 Å². The molecule has 25 heavy (non-hydrogen) atoms. The molecule has 0 aliphatic carbocycles. The zero-order chi connectivity index (χ0) is 17.6. The van der Waals surface area contributed by atoms with Crippen molar-refractivity contribution in [3.8, 4) is 11.3 Å². The summed E-state index contributed by atoms with van der Waals surface area (Å²) in [6.07, 6.45) is 1.64. The first kappa shape index (κ1) is 16.4. The summed E-state index contributed by atoms with van der Waals surface area (Å²) >= 11 is 0. The lowest BCUT2D eigenvalue weighted by Gasteiger charge is -2.11. The van der Waals surface area contributed by atoms with Crippen LogP contribution in [0, 0.1) is 0 Å². The molecule has 0 amide bonds. The number of hydrogen-bond donors (Lipinski definition) is 2. The van der Waals surface area contributed by atoms with Crippen molar-refractivity contribution in [2.24, 2.45) is 5.10 Å². The van der Waals surface area contributed by atoms with E-state index in [2.05, 4.69) is 25.7 Å². The van der Waals surface area contributed by atoms with E-state index in [4.69, 9.17) is 0 Å². The fraction of sp³-hybridized carbons (Fsp3) is 0.111. The molecule has 0 aliphatic rings. The highest BCUT2D eigenvalue weighted by Gasteiger charge is 2.06. The average molecular weight is 334 g/mol. The van der Waals surface area contributed by atoms with Crippen molar-refractivity contribution in [3.63, 3.8) is 0 Å². The normalized spacial score (nSPS) is 10.8. The van der Waals surface area contributed by atoms with Gasteiger partial charge in [0.15, 0.2) is 5.69 Å². The Kier molecular flexibility index (Phi) is 4.84. The highest BCUT2D eigenvalue weighted by atomic mass is 16.1. The molecule has 0 fully saturated rings. The Morgan fingerprint density at radius 1 is 1.04 bits per heavy atom. The van der Waals surface area contributed by atoms with Crippen molar-refractivity contribution in [1.29, 1.82) is 0 Å². The zero-order valence-electron chi connectivity index (χ0n) is 14.0. The molecule has 0 saturated carbocycles. The molecule has 7 nitrogen and oxygen atoms in total. The molecule has 7 heteroatoms. The van der Waals surface area contributed by atoms with Gasteiger partial charge in [-0.15, -0.1) is 10.2 Å². The largest absolute Gasteiger partial charge is 0.378 e. The van der Waals surface area contributed by atoms with E-state index < -0.39 is 0 Å². The number of benzene rings is 2. The van der Waals surface area contributed by atoms with Crippen LogP contribution in [0.1, 0.15) is 5.56 Å². The van der Waals surface area contributed by atoms with E-state index in [1.165, 1.54) is 0 Å². The van der Waals surface area contributed by atoms with Crippen molar-refractivity contribution < 1.29 is 0 Å². The van der Waals surface area contributed by atoms with Gasteiger partial charge in [0, 0.05) is 25.3 Å². The molecule has 0 radical (unpaired) electrons. The molecule has 0 saturated heterocycles. The number of nitrogens with zero attached hydrogens (tertiary/aromatic N) is 4. The SMILES string of the molecule is CN(C)c1ccc(C=NNc2nnc(-c3ccccc3)c(=O)[nH]2)cc1. The van der Waals surface area contributed by atoms with E-state index in [1.54, 1.807) is 6.21 Å². The topological polar surface area (TPSA) is 86.3 Å². The summed E-state index contributed by atoms with van der Waals surface area (Å²) in [7, 11) is 3.97. The van der Waals surface area contributed by atoms with E-state index in [9.17, 15) is 4.79 Å². The van der Waals surface area contributed by atoms with Crippen LogP contribution in [-0.4, -0.2) is 35.5 Å². The second-order valence-electron chi connectivity index (χ2n) is 5.57. The van der Waals surface area contributed by atoms with Crippen LogP contribution in [0.5, 0.6) is 0 Å². The maximum atomic E-state index is 12.1. The van der Waals surface area contributed by atoms with Gasteiger partial charge in [0.05, 0.1) is 6.21 Å². The van der Waals surface area contributed by atoms with Crippen LogP contribution < -0.4 is 15.9 Å². The smallest absolute Gasteiger partial charge is 0.279 e. The standard InChI is InChI=1S/C18H18N6O/c1-24(2)15-10-8-13(9-11-15)12-19-22-18-20-17(25)16(21-23-18)14-6-4-3-5-7-14/h3-12H,1-2H3,(H2,20,22,23,25). The molecule has 0 aliphatic heterocycles. The minimum Gasteiger partial charge on any atom is -0.378 e. The molecule has 3 aromatic rings. The van der Waals surface area contributed by atoms with E-state index in [0.717, 1.165) is 11.3 Å². The Hall–Kier alpha value is -3.48. The fourth-order valence-corrected chi connectivity index (χ4v) is 2.20. The molecular formula is C18H18N6O. The first-order chi connectivity index (χ1) is 12.1. The van der Waals surface area contributed by atoms with Gasteiger partial charge in [0.1, 0.15) is 0 Å². The van der Waals surface area contributed by atoms with Crippen molar-refractivity contribution in [2.45, 2.75) is 0 Å². The average Bonchev–Trinajstić information content (AvgIpc) is 2.63. The van der Waals surface area contributed by atoms with Gasteiger partial charge >= 0.3 is 0 Å². The quantitative estimate of drug-likeness (QED) is 0.552. The Morgan fingerprint density at radius 3 is 2.40 bits per heavy atom. The monoisotopic (exact) mass is 334 g/mol. The number of rotatable bonds is 5. The number of hydrogen-bond acceptors (Lipinski definition) is 6. The van der Waals surface area contributed by atoms with Crippen LogP contribution >= 0.6 is 0 Å². The van der Waals surface area contributed by atoms with Gasteiger partial charge in [0.2, 0.25) is 5.95 Å². The van der Waals surface area contributed by atoms with E-state index in [0.29, 0.717) is 5.56 Å². The van der Waals surface area contributed by atoms with Crippen LogP contribution in [-0.2, 0) is 0 Å². The Labute approximate surface area is 145 Å². The lowest BCUT2D eigenvalue weighted by molar-refractivity contribution is 0.947. The number of nitrogens with one attached hydrogen (secondary N) is 2. The predicted molar refractivity (Wildman–Crippen MR) is 100 cm³/mol. The van der Waals surface area contributed by atoms with Crippen LogP contribution in [0.2, 0.25) is 0 Å². The maximum Gasteiger partial charge on any atom is 0.279 e. The highest BCUT2D eigenvalue weighted by molar-refractivity contribution is 5.80. The number of H-pyrrole nitrogens is 1. The zero-order valence-corrected chi connectivity index (χ0v) is 14.0. The van der Waals surface area contributed by atoms with Crippen LogP contribution in [0.25, 0.3) is 11.3 Å². The summed E-state index contributed by atoms with van der Waals surface area (Å²) in [6, 6.07) is 17.1. The van der Waals surface area contributed by atoms with Crippen molar-refractivity contribution in [2.75, 3.05) is 24.4 Å². The van der Waals surface area contributed by atoms with Gasteiger partial charge in [0.25, 0.3) is 5.56 Å². The first-order valence-corrected chi connectivity index (χ1v) is 7.72. The lowest BCUT2D eigenvalue weighted by Crippen LogP contribution is -2.15. The molecular weight excluding hydrogens is 316 g/mol. The van der Waals surface area contributed by atoms with Gasteiger partial charge in [-0.25, -0.2) is 5.43 Å². The molecule has 1 aromatic heterocycles. The molecule has 126 valence electrons. The molecule has 1 heterocycles. The third kappa shape index (κ3) is 4.08. The minimum atomic E-state index is -0.325. The Bertz CT molecular complexity index is 916. The minimum absolute atomic E-state index is 0.186. The van der Waals surface area contributed by atoms with Gasteiger partial charge in [-0.1, -0.05) is 42.5 Å². The van der Waals surface area contributed by atoms with Gasteiger partial charge in [-0.3, -0.25) is 9.78 Å². The molecule has 2 aromatic carbocycles. The van der Waals surface area contributed by atoms with Crippen molar-refractivity contribution in [3.05, 3.63) is 70.5 Å². The lowest BCUT2D eigenvalue weighted by atomic mass is 10.2. The number of aromatic nitrogens is 3. The van der Waals surface area contributed by atoms with Crippen LogP contribution in [0.15, 0.2) is 64.5 Å². The summed E-state index contributed by atoms with van der Waals surface area (Å²) in [4.78, 5) is 16.8. The fourth-order valence-electron chi connectivity index (χ4n) is 2.20. The van der Waals surface area contributed by atoms with Crippen molar-refractivity contribution in [1.82, 2.24) is 15.2 Å². The van der Waals surface area contributed by atoms with Gasteiger partial charge in [-0.05, 0) is 17.7 Å². The first-order valence-electron chi connectivity index (χ1n) is 7.72. The second-order valence-corrected chi connectivity index (χ2v) is 5.57. The predicted octanol–water partition coefficient (Wildman–Crippen LogP) is 2.34. The Balaban J connectivity index is 1.69. The molecule has 0 unspecified atom stereocenters. The summed E-state index contributed by atoms with van der Waals surface area (Å²) in [5.41, 5.74) is 5.38. The third-order valence-electron chi connectivity index (χ3n) is 3.54. The summed E-state index contributed by atoms with van der Waals surface area (Å²) in [5.74, 6) is 0.186. The number of aromatic amines is 1. The van der Waals surface area contributed by atoms with Crippen LogP contribution in [0.3, 0.4) is 0 Å². The number of hydrazone groups is 1. The molecule has 3 rings (SSSR count). The molecule has 0 atom stereocenters. The van der Waals surface area contributed by atoms with Gasteiger partial charge < -0.3 is 4.90 Å². The maximum absolute atomic E-state index is 12.1. The van der Waals surface area contributed by atoms with E-state index >= 15 is 0 Å². The Morgan fingerprint density at radius 2 is 1.76 bits per heavy atom. The highest BCUT2D eigenvalue weighted by Crippen LogP contribution is 2.12. The van der Waals surface area contributed by atoms with Gasteiger partial charge in [-0.2, -0.15) is 5.10 Å². The summed E-state index contributed by atoms with van der Waals surface area (Å²) in [5, 5.41) is 12.0. The molecule has 0 spiro atoms. The molecule has 2 N–H and O–H groups in total. The summed E-state index contributed by atoms with van der Waals surface area (Å²) < 4.78 is 0. The molecule has 0 bridgehead atoms. The van der Waals surface area contributed by atoms with E-state index in [1.807, 2.05) is 73.6 Å². The summed E-state index contributed by atoms with van der Waals surface area (Å²) in [6.45, 7) is 0. The third-order valence-corrected chi connectivity index (χ3v) is 3.54. The van der Waals surface area contributed by atoms with Crippen LogP contribution in [0.4, 0.5) is 11.6 Å². The second kappa shape index (κ2) is 7.39. The van der Waals surface area contributed by atoms with E-state index in [-0.39, 0.29) is 17.2 Å². The number of anilines is 2.